The van der Waals surface area contributed by atoms with Gasteiger partial charge in [-0.15, -0.1) is 0 Å². The van der Waals surface area contributed by atoms with E-state index >= 15 is 0 Å². The molecule has 2 amide bonds. The molecule has 1 fully saturated rings. The largest absolute Gasteiger partial charge is 0.497 e. The maximum atomic E-state index is 12.6. The standard InChI is InChI=1S/C21H25N3O4/c1-27-18-5-7-19(8-6-18)28-12-9-23-20(25)16-13-17(15-22-14-16)21(26)24-10-3-2-4-11-24/h5-8,13-15H,2-4,9-12H2,1H3,(H,23,25). The van der Waals surface area contributed by atoms with Crippen LogP contribution < -0.4 is 14.8 Å². The van der Waals surface area contributed by atoms with Crippen LogP contribution in [0.15, 0.2) is 42.7 Å². The lowest BCUT2D eigenvalue weighted by atomic mass is 10.1. The molecule has 1 N–H and O–H groups in total. The van der Waals surface area contributed by atoms with Crippen molar-refractivity contribution in [1.29, 1.82) is 0 Å². The Morgan fingerprint density at radius 3 is 2.43 bits per heavy atom. The van der Waals surface area contributed by atoms with Gasteiger partial charge in [-0.05, 0) is 49.6 Å². The number of benzene rings is 1. The molecule has 0 spiro atoms. The lowest BCUT2D eigenvalue weighted by molar-refractivity contribution is 0.0724. The zero-order chi connectivity index (χ0) is 19.8. The molecule has 2 aromatic rings. The normalized spacial score (nSPS) is 13.7. The van der Waals surface area contributed by atoms with Gasteiger partial charge in [-0.2, -0.15) is 0 Å². The van der Waals surface area contributed by atoms with Crippen molar-refractivity contribution in [3.63, 3.8) is 0 Å². The fraction of sp³-hybridized carbons (Fsp3) is 0.381. The summed E-state index contributed by atoms with van der Waals surface area (Å²) in [5, 5.41) is 2.78. The van der Waals surface area contributed by atoms with E-state index in [1.807, 2.05) is 17.0 Å². The minimum absolute atomic E-state index is 0.0651. The molecular weight excluding hydrogens is 358 g/mol. The van der Waals surface area contributed by atoms with Crippen LogP contribution in [0.4, 0.5) is 0 Å². The number of pyridine rings is 1. The number of ether oxygens (including phenoxy) is 2. The molecule has 1 aromatic carbocycles. The molecule has 0 saturated carbocycles. The summed E-state index contributed by atoms with van der Waals surface area (Å²) >= 11 is 0. The van der Waals surface area contributed by atoms with Crippen molar-refractivity contribution in [3.05, 3.63) is 53.9 Å². The van der Waals surface area contributed by atoms with E-state index in [1.165, 1.54) is 12.4 Å². The van der Waals surface area contributed by atoms with Crippen LogP contribution in [0.1, 0.15) is 40.0 Å². The Bertz CT molecular complexity index is 802. The molecule has 0 bridgehead atoms. The molecule has 7 nitrogen and oxygen atoms in total. The van der Waals surface area contributed by atoms with Crippen molar-refractivity contribution in [2.45, 2.75) is 19.3 Å². The molecule has 3 rings (SSSR count). The van der Waals surface area contributed by atoms with Crippen molar-refractivity contribution in [3.8, 4) is 11.5 Å². The molecule has 1 aliphatic heterocycles. The summed E-state index contributed by atoms with van der Waals surface area (Å²) in [5.74, 6) is 1.11. The van der Waals surface area contributed by atoms with Crippen molar-refractivity contribution >= 4 is 11.8 Å². The number of carbonyl (C=O) groups excluding carboxylic acids is 2. The summed E-state index contributed by atoms with van der Waals surface area (Å²) in [6, 6.07) is 8.83. The lowest BCUT2D eigenvalue weighted by Gasteiger charge is -2.26. The number of nitrogens with zero attached hydrogens (tertiary/aromatic N) is 2. The Hall–Kier alpha value is -3.09. The van der Waals surface area contributed by atoms with E-state index in [4.69, 9.17) is 9.47 Å². The minimum atomic E-state index is -0.279. The Labute approximate surface area is 164 Å². The molecule has 0 radical (unpaired) electrons. The monoisotopic (exact) mass is 383 g/mol. The van der Waals surface area contributed by atoms with Crippen molar-refractivity contribution in [2.24, 2.45) is 0 Å². The van der Waals surface area contributed by atoms with Crippen molar-refractivity contribution in [2.75, 3.05) is 33.4 Å². The number of aromatic nitrogens is 1. The number of hydrogen-bond acceptors (Lipinski definition) is 5. The number of piperidine rings is 1. The van der Waals surface area contributed by atoms with E-state index in [0.29, 0.717) is 30.0 Å². The van der Waals surface area contributed by atoms with Crippen LogP contribution in [0.2, 0.25) is 0 Å². The topological polar surface area (TPSA) is 80.8 Å². The highest BCUT2D eigenvalue weighted by Gasteiger charge is 2.19. The van der Waals surface area contributed by atoms with Gasteiger partial charge in [0, 0.05) is 25.5 Å². The highest BCUT2D eigenvalue weighted by molar-refractivity contribution is 5.99. The second-order valence-corrected chi connectivity index (χ2v) is 6.60. The van der Waals surface area contributed by atoms with Gasteiger partial charge in [0.2, 0.25) is 0 Å². The van der Waals surface area contributed by atoms with Crippen LogP contribution in [0.5, 0.6) is 11.5 Å². The van der Waals surface area contributed by atoms with Gasteiger partial charge < -0.3 is 19.7 Å². The van der Waals surface area contributed by atoms with Crippen LogP contribution in [-0.4, -0.2) is 55.0 Å². The zero-order valence-electron chi connectivity index (χ0n) is 16.0. The molecule has 0 unspecified atom stereocenters. The second-order valence-electron chi connectivity index (χ2n) is 6.60. The van der Waals surface area contributed by atoms with Crippen LogP contribution in [-0.2, 0) is 0 Å². The molecule has 148 valence electrons. The average Bonchev–Trinajstić information content (AvgIpc) is 2.77. The summed E-state index contributed by atoms with van der Waals surface area (Å²) in [7, 11) is 1.61. The number of hydrogen-bond donors (Lipinski definition) is 1. The predicted octanol–water partition coefficient (Wildman–Crippen LogP) is 2.53. The molecule has 2 heterocycles. The Morgan fingerprint density at radius 1 is 1.04 bits per heavy atom. The summed E-state index contributed by atoms with van der Waals surface area (Å²) in [6.07, 6.45) is 6.18. The van der Waals surface area contributed by atoms with E-state index in [-0.39, 0.29) is 11.8 Å². The Kier molecular flexibility index (Phi) is 6.84. The molecular formula is C21H25N3O4. The van der Waals surface area contributed by atoms with Crippen LogP contribution in [0, 0.1) is 0 Å². The number of rotatable bonds is 7. The quantitative estimate of drug-likeness (QED) is 0.743. The van der Waals surface area contributed by atoms with Gasteiger partial charge in [0.1, 0.15) is 18.1 Å². The van der Waals surface area contributed by atoms with E-state index < -0.39 is 0 Å². The molecule has 0 atom stereocenters. The number of likely N-dealkylation sites (tertiary alicyclic amines) is 1. The van der Waals surface area contributed by atoms with Crippen LogP contribution >= 0.6 is 0 Å². The van der Waals surface area contributed by atoms with E-state index in [9.17, 15) is 9.59 Å². The van der Waals surface area contributed by atoms with Gasteiger partial charge in [0.15, 0.2) is 0 Å². The van der Waals surface area contributed by atoms with E-state index in [1.54, 1.807) is 25.3 Å². The lowest BCUT2D eigenvalue weighted by Crippen LogP contribution is -2.36. The number of amides is 2. The van der Waals surface area contributed by atoms with Gasteiger partial charge in [-0.25, -0.2) is 0 Å². The highest BCUT2D eigenvalue weighted by Crippen LogP contribution is 2.17. The zero-order valence-corrected chi connectivity index (χ0v) is 16.0. The number of nitrogens with one attached hydrogen (secondary N) is 1. The van der Waals surface area contributed by atoms with Crippen molar-refractivity contribution in [1.82, 2.24) is 15.2 Å². The van der Waals surface area contributed by atoms with Gasteiger partial charge in [0.05, 0.1) is 24.8 Å². The molecule has 1 aromatic heterocycles. The molecule has 7 heteroatoms. The fourth-order valence-electron chi connectivity index (χ4n) is 3.07. The van der Waals surface area contributed by atoms with Crippen LogP contribution in [0.25, 0.3) is 0 Å². The SMILES string of the molecule is COc1ccc(OCCNC(=O)c2cncc(C(=O)N3CCCCC3)c2)cc1. The predicted molar refractivity (Wildman–Crippen MR) is 105 cm³/mol. The number of methoxy groups -OCH3 is 1. The Morgan fingerprint density at radius 2 is 1.71 bits per heavy atom. The fourth-order valence-corrected chi connectivity index (χ4v) is 3.07. The van der Waals surface area contributed by atoms with Gasteiger partial charge in [0.25, 0.3) is 11.8 Å². The average molecular weight is 383 g/mol. The first-order valence-corrected chi connectivity index (χ1v) is 9.47. The first-order chi connectivity index (χ1) is 13.7. The third kappa shape index (κ3) is 5.22. The summed E-state index contributed by atoms with van der Waals surface area (Å²) in [5.41, 5.74) is 0.816. The highest BCUT2D eigenvalue weighted by atomic mass is 16.5. The minimum Gasteiger partial charge on any atom is -0.497 e. The first kappa shape index (κ1) is 19.7. The van der Waals surface area contributed by atoms with E-state index in [0.717, 1.165) is 38.1 Å². The summed E-state index contributed by atoms with van der Waals surface area (Å²) in [4.78, 5) is 30.8. The van der Waals surface area contributed by atoms with Gasteiger partial charge in [-0.1, -0.05) is 0 Å². The summed E-state index contributed by atoms with van der Waals surface area (Å²) < 4.78 is 10.7. The van der Waals surface area contributed by atoms with Crippen molar-refractivity contribution < 1.29 is 19.1 Å². The maximum absolute atomic E-state index is 12.6. The van der Waals surface area contributed by atoms with Gasteiger partial charge in [-0.3, -0.25) is 14.6 Å². The van der Waals surface area contributed by atoms with Gasteiger partial charge >= 0.3 is 0 Å². The molecule has 1 saturated heterocycles. The number of carbonyl (C=O) groups is 2. The van der Waals surface area contributed by atoms with E-state index in [2.05, 4.69) is 10.3 Å². The molecule has 1 aliphatic rings. The maximum Gasteiger partial charge on any atom is 0.255 e. The molecule has 0 aliphatic carbocycles. The smallest absolute Gasteiger partial charge is 0.255 e. The third-order valence-electron chi connectivity index (χ3n) is 4.61. The second kappa shape index (κ2) is 9.73. The summed E-state index contributed by atoms with van der Waals surface area (Å²) in [6.45, 7) is 2.20. The molecule has 28 heavy (non-hydrogen) atoms. The third-order valence-corrected chi connectivity index (χ3v) is 4.61. The first-order valence-electron chi connectivity index (χ1n) is 9.47. The Balaban J connectivity index is 1.49. The van der Waals surface area contributed by atoms with Crippen LogP contribution in [0.3, 0.4) is 0 Å².